The van der Waals surface area contributed by atoms with E-state index in [0.29, 0.717) is 10.8 Å². The zero-order valence-electron chi connectivity index (χ0n) is 10.0. The Morgan fingerprint density at radius 1 is 1.20 bits per heavy atom. The summed E-state index contributed by atoms with van der Waals surface area (Å²) < 4.78 is 18.6. The quantitative estimate of drug-likeness (QED) is 0.804. The molecule has 0 aliphatic heterocycles. The van der Waals surface area contributed by atoms with Gasteiger partial charge in [0.2, 0.25) is 5.13 Å². The van der Waals surface area contributed by atoms with E-state index < -0.39 is 11.7 Å². The molecule has 0 saturated heterocycles. The third-order valence-electron chi connectivity index (χ3n) is 2.50. The van der Waals surface area contributed by atoms with Crippen molar-refractivity contribution in [2.75, 3.05) is 5.32 Å². The molecule has 0 unspecified atom stereocenters. The Morgan fingerprint density at radius 3 is 2.80 bits per heavy atom. The van der Waals surface area contributed by atoms with E-state index in [9.17, 15) is 9.18 Å². The number of carbonyl (C=O) groups excluding carboxylic acids is 1. The summed E-state index contributed by atoms with van der Waals surface area (Å²) in [6.45, 7) is 0. The molecular weight excluding hydrogens is 281 g/mol. The third-order valence-corrected chi connectivity index (χ3v) is 3.35. The van der Waals surface area contributed by atoms with Crippen molar-refractivity contribution in [3.63, 3.8) is 0 Å². The summed E-state index contributed by atoms with van der Waals surface area (Å²) in [7, 11) is 0. The first-order valence-electron chi connectivity index (χ1n) is 5.67. The number of anilines is 1. The fourth-order valence-electron chi connectivity index (χ4n) is 1.58. The highest BCUT2D eigenvalue weighted by molar-refractivity contribution is 7.18. The molecular formula is C13H8FN3O2S. The van der Waals surface area contributed by atoms with Crippen molar-refractivity contribution in [1.29, 1.82) is 0 Å². The lowest BCUT2D eigenvalue weighted by Crippen LogP contribution is -2.13. The molecule has 0 radical (unpaired) electrons. The van der Waals surface area contributed by atoms with E-state index in [4.69, 9.17) is 4.42 Å². The number of nitrogens with zero attached hydrogens (tertiary/aromatic N) is 2. The molecule has 3 rings (SSSR count). The van der Waals surface area contributed by atoms with Gasteiger partial charge in [0, 0.05) is 0 Å². The maximum Gasteiger partial charge on any atom is 0.260 e. The molecule has 1 amide bonds. The molecule has 3 aromatic rings. The van der Waals surface area contributed by atoms with E-state index in [-0.39, 0.29) is 10.7 Å². The van der Waals surface area contributed by atoms with Crippen LogP contribution in [0.1, 0.15) is 10.4 Å². The summed E-state index contributed by atoms with van der Waals surface area (Å²) in [6.07, 6.45) is 1.52. The van der Waals surface area contributed by atoms with E-state index in [1.54, 1.807) is 18.2 Å². The summed E-state index contributed by atoms with van der Waals surface area (Å²) in [5, 5.41) is 11.0. The van der Waals surface area contributed by atoms with Crippen LogP contribution in [0, 0.1) is 5.82 Å². The van der Waals surface area contributed by atoms with Crippen LogP contribution in [0.3, 0.4) is 0 Å². The van der Waals surface area contributed by atoms with Gasteiger partial charge in [-0.25, -0.2) is 4.39 Å². The lowest BCUT2D eigenvalue weighted by Gasteiger charge is -2.01. The van der Waals surface area contributed by atoms with Crippen molar-refractivity contribution in [1.82, 2.24) is 10.2 Å². The van der Waals surface area contributed by atoms with Crippen LogP contribution in [-0.4, -0.2) is 16.1 Å². The predicted molar refractivity (Wildman–Crippen MR) is 72.0 cm³/mol. The average Bonchev–Trinajstić information content (AvgIpc) is 3.09. The van der Waals surface area contributed by atoms with Crippen LogP contribution in [0.25, 0.3) is 10.8 Å². The van der Waals surface area contributed by atoms with Crippen LogP contribution in [0.4, 0.5) is 9.52 Å². The van der Waals surface area contributed by atoms with Gasteiger partial charge in [-0.15, -0.1) is 10.2 Å². The SMILES string of the molecule is O=C(Nc1nnc(-c2ccco2)s1)c1ccccc1F. The number of amides is 1. The number of carbonyl (C=O) groups is 1. The summed E-state index contributed by atoms with van der Waals surface area (Å²) in [5.41, 5.74) is -0.0396. The van der Waals surface area contributed by atoms with Gasteiger partial charge in [0.25, 0.3) is 5.91 Å². The van der Waals surface area contributed by atoms with Crippen LogP contribution in [-0.2, 0) is 0 Å². The number of hydrogen-bond acceptors (Lipinski definition) is 5. The highest BCUT2D eigenvalue weighted by Gasteiger charge is 2.14. The number of halogens is 1. The molecule has 5 nitrogen and oxygen atoms in total. The van der Waals surface area contributed by atoms with Gasteiger partial charge in [0.1, 0.15) is 5.82 Å². The van der Waals surface area contributed by atoms with E-state index in [1.165, 1.54) is 24.5 Å². The van der Waals surface area contributed by atoms with Gasteiger partial charge in [-0.05, 0) is 24.3 Å². The molecule has 0 spiro atoms. The van der Waals surface area contributed by atoms with Gasteiger partial charge in [-0.2, -0.15) is 0 Å². The number of benzene rings is 1. The largest absolute Gasteiger partial charge is 0.462 e. The Hall–Kier alpha value is -2.54. The van der Waals surface area contributed by atoms with Crippen molar-refractivity contribution < 1.29 is 13.6 Å². The first-order valence-corrected chi connectivity index (χ1v) is 6.49. The highest BCUT2D eigenvalue weighted by atomic mass is 32.1. The minimum atomic E-state index is -0.583. The summed E-state index contributed by atoms with van der Waals surface area (Å²) >= 11 is 1.15. The second kappa shape index (κ2) is 5.22. The Balaban J connectivity index is 1.79. The summed E-state index contributed by atoms with van der Waals surface area (Å²) in [4.78, 5) is 11.9. The molecule has 0 bridgehead atoms. The molecule has 20 heavy (non-hydrogen) atoms. The van der Waals surface area contributed by atoms with Gasteiger partial charge < -0.3 is 4.42 Å². The minimum absolute atomic E-state index is 0.0396. The van der Waals surface area contributed by atoms with E-state index in [1.807, 2.05) is 0 Å². The maximum absolute atomic E-state index is 13.5. The van der Waals surface area contributed by atoms with Crippen LogP contribution in [0.2, 0.25) is 0 Å². The van der Waals surface area contributed by atoms with Crippen molar-refractivity contribution in [2.45, 2.75) is 0 Å². The number of hydrogen-bond donors (Lipinski definition) is 1. The third kappa shape index (κ3) is 2.43. The van der Waals surface area contributed by atoms with E-state index in [2.05, 4.69) is 15.5 Å². The number of nitrogens with one attached hydrogen (secondary N) is 1. The zero-order valence-corrected chi connectivity index (χ0v) is 10.9. The van der Waals surface area contributed by atoms with Gasteiger partial charge in [-0.3, -0.25) is 10.1 Å². The smallest absolute Gasteiger partial charge is 0.260 e. The van der Waals surface area contributed by atoms with Crippen molar-refractivity contribution in [3.8, 4) is 10.8 Å². The van der Waals surface area contributed by atoms with Crippen molar-refractivity contribution in [3.05, 3.63) is 54.0 Å². The Labute approximate surface area is 117 Å². The zero-order chi connectivity index (χ0) is 13.9. The van der Waals surface area contributed by atoms with Gasteiger partial charge in [-0.1, -0.05) is 23.5 Å². The fraction of sp³-hybridized carbons (Fsp3) is 0. The molecule has 7 heteroatoms. The number of rotatable bonds is 3. The molecule has 1 aromatic carbocycles. The Bertz CT molecular complexity index is 740. The predicted octanol–water partition coefficient (Wildman–Crippen LogP) is 3.19. The first kappa shape index (κ1) is 12.5. The van der Waals surface area contributed by atoms with E-state index >= 15 is 0 Å². The van der Waals surface area contributed by atoms with Gasteiger partial charge in [0.15, 0.2) is 10.8 Å². The second-order valence-electron chi connectivity index (χ2n) is 3.82. The van der Waals surface area contributed by atoms with Crippen LogP contribution < -0.4 is 5.32 Å². The molecule has 0 saturated carbocycles. The lowest BCUT2D eigenvalue weighted by atomic mass is 10.2. The maximum atomic E-state index is 13.5. The molecule has 100 valence electrons. The Morgan fingerprint density at radius 2 is 2.05 bits per heavy atom. The molecule has 0 aliphatic rings. The van der Waals surface area contributed by atoms with Crippen molar-refractivity contribution in [2.24, 2.45) is 0 Å². The molecule has 1 N–H and O–H groups in total. The average molecular weight is 289 g/mol. The topological polar surface area (TPSA) is 68.0 Å². The molecule has 0 aliphatic carbocycles. The number of furan rings is 1. The minimum Gasteiger partial charge on any atom is -0.462 e. The Kier molecular flexibility index (Phi) is 3.26. The molecule has 2 heterocycles. The fourth-order valence-corrected chi connectivity index (χ4v) is 2.29. The van der Waals surface area contributed by atoms with Crippen LogP contribution in [0.15, 0.2) is 47.1 Å². The van der Waals surface area contributed by atoms with Crippen LogP contribution >= 0.6 is 11.3 Å². The first-order chi connectivity index (χ1) is 9.74. The van der Waals surface area contributed by atoms with E-state index in [0.717, 1.165) is 11.3 Å². The molecule has 0 atom stereocenters. The highest BCUT2D eigenvalue weighted by Crippen LogP contribution is 2.26. The second-order valence-corrected chi connectivity index (χ2v) is 4.80. The normalized spacial score (nSPS) is 10.4. The van der Waals surface area contributed by atoms with Gasteiger partial charge in [0.05, 0.1) is 11.8 Å². The number of aromatic nitrogens is 2. The lowest BCUT2D eigenvalue weighted by molar-refractivity contribution is 0.102. The summed E-state index contributed by atoms with van der Waals surface area (Å²) in [5.74, 6) is -0.583. The van der Waals surface area contributed by atoms with Crippen LogP contribution in [0.5, 0.6) is 0 Å². The van der Waals surface area contributed by atoms with Gasteiger partial charge >= 0.3 is 0 Å². The monoisotopic (exact) mass is 289 g/mol. The summed E-state index contributed by atoms with van der Waals surface area (Å²) in [6, 6.07) is 9.21. The molecule has 2 aromatic heterocycles. The van der Waals surface area contributed by atoms with Crippen molar-refractivity contribution >= 4 is 22.4 Å². The standard InChI is InChI=1S/C13H8FN3O2S/c14-9-5-2-1-4-8(9)11(18)15-13-17-16-12(20-13)10-6-3-7-19-10/h1-7H,(H,15,17,18). The molecule has 0 fully saturated rings.